The van der Waals surface area contributed by atoms with Gasteiger partial charge in [0.1, 0.15) is 0 Å². The van der Waals surface area contributed by atoms with Gasteiger partial charge in [-0.2, -0.15) is 0 Å². The fraction of sp³-hybridized carbons (Fsp3) is 0.562. The third-order valence-electron chi connectivity index (χ3n) is 3.51. The molecule has 0 aliphatic carbocycles. The van der Waals surface area contributed by atoms with E-state index in [1.54, 1.807) is 12.1 Å². The fourth-order valence-corrected chi connectivity index (χ4v) is 2.34. The predicted octanol–water partition coefficient (Wildman–Crippen LogP) is 2.31. The van der Waals surface area contributed by atoms with E-state index in [0.717, 1.165) is 12.1 Å². The van der Waals surface area contributed by atoms with Crippen LogP contribution in [0.4, 0.5) is 0 Å². The first-order valence-corrected chi connectivity index (χ1v) is 6.78. The van der Waals surface area contributed by atoms with Gasteiger partial charge in [0.15, 0.2) is 0 Å². The minimum Gasteiger partial charge on any atom is -0.465 e. The van der Waals surface area contributed by atoms with Crippen molar-refractivity contribution in [2.75, 3.05) is 20.8 Å². The predicted molar refractivity (Wildman–Crippen MR) is 79.6 cm³/mol. The number of methoxy groups -OCH3 is 1. The Bertz CT molecular complexity index is 434. The van der Waals surface area contributed by atoms with E-state index in [2.05, 4.69) is 30.4 Å². The Morgan fingerprint density at radius 2 is 1.85 bits per heavy atom. The molecule has 0 saturated heterocycles. The van der Waals surface area contributed by atoms with Crippen LogP contribution in [0.3, 0.4) is 0 Å². The van der Waals surface area contributed by atoms with E-state index in [0.29, 0.717) is 5.56 Å². The van der Waals surface area contributed by atoms with E-state index in [9.17, 15) is 9.90 Å². The highest BCUT2D eigenvalue weighted by Gasteiger charge is 2.27. The van der Waals surface area contributed by atoms with Crippen molar-refractivity contribution in [2.45, 2.75) is 33.4 Å². The summed E-state index contributed by atoms with van der Waals surface area (Å²) >= 11 is 0. The number of carbonyl (C=O) groups is 1. The first kappa shape index (κ1) is 16.7. The van der Waals surface area contributed by atoms with Crippen molar-refractivity contribution in [3.05, 3.63) is 35.4 Å². The molecule has 0 bridgehead atoms. The first-order chi connectivity index (χ1) is 9.29. The molecule has 0 aliphatic rings. The molecule has 0 fully saturated rings. The number of aliphatic hydroxyl groups excluding tert-OH is 1. The molecular weight excluding hydrogens is 254 g/mol. The van der Waals surface area contributed by atoms with Crippen molar-refractivity contribution < 1.29 is 14.6 Å². The number of aliphatic hydroxyl groups is 1. The van der Waals surface area contributed by atoms with Gasteiger partial charge < -0.3 is 9.84 Å². The average Bonchev–Trinajstić information content (AvgIpc) is 2.37. The molecule has 112 valence electrons. The summed E-state index contributed by atoms with van der Waals surface area (Å²) in [4.78, 5) is 13.5. The zero-order chi connectivity index (χ0) is 15.3. The summed E-state index contributed by atoms with van der Waals surface area (Å²) in [5.41, 5.74) is 1.66. The molecule has 0 aliphatic heterocycles. The molecule has 1 aromatic rings. The van der Waals surface area contributed by atoms with E-state index in [-0.39, 0.29) is 24.0 Å². The van der Waals surface area contributed by atoms with E-state index >= 15 is 0 Å². The second-order valence-electron chi connectivity index (χ2n) is 6.17. The monoisotopic (exact) mass is 279 g/mol. The molecular formula is C16H25NO3. The average molecular weight is 279 g/mol. The number of hydrogen-bond acceptors (Lipinski definition) is 4. The standard InChI is InChI=1S/C16H25NO3/c1-16(2,3)14(11-18)17(4)10-12-6-8-13(9-7-12)15(19)20-5/h6-9,14,18H,10-11H2,1-5H3. The van der Waals surface area contributed by atoms with Crippen molar-refractivity contribution in [2.24, 2.45) is 5.41 Å². The molecule has 0 saturated carbocycles. The Morgan fingerprint density at radius 3 is 2.25 bits per heavy atom. The second kappa shape index (κ2) is 6.86. The maximum absolute atomic E-state index is 11.4. The van der Waals surface area contributed by atoms with Gasteiger partial charge in [0, 0.05) is 12.6 Å². The van der Waals surface area contributed by atoms with Gasteiger partial charge in [0.25, 0.3) is 0 Å². The van der Waals surface area contributed by atoms with Gasteiger partial charge in [-0.3, -0.25) is 4.90 Å². The number of esters is 1. The number of hydrogen-bond donors (Lipinski definition) is 1. The molecule has 20 heavy (non-hydrogen) atoms. The van der Waals surface area contributed by atoms with Crippen LogP contribution in [0.25, 0.3) is 0 Å². The molecule has 1 N–H and O–H groups in total. The highest BCUT2D eigenvalue weighted by molar-refractivity contribution is 5.89. The number of carbonyl (C=O) groups excluding carboxylic acids is 1. The molecule has 1 rings (SSSR count). The zero-order valence-electron chi connectivity index (χ0n) is 13.0. The van der Waals surface area contributed by atoms with Crippen molar-refractivity contribution in [3.8, 4) is 0 Å². The lowest BCUT2D eigenvalue weighted by Gasteiger charge is -2.36. The summed E-state index contributed by atoms with van der Waals surface area (Å²) in [6, 6.07) is 7.45. The molecule has 0 amide bonds. The van der Waals surface area contributed by atoms with E-state index in [1.807, 2.05) is 19.2 Å². The van der Waals surface area contributed by atoms with Gasteiger partial charge in [-0.05, 0) is 30.2 Å². The molecule has 1 atom stereocenters. The van der Waals surface area contributed by atoms with Gasteiger partial charge in [-0.25, -0.2) is 4.79 Å². The van der Waals surface area contributed by atoms with Crippen molar-refractivity contribution in [3.63, 3.8) is 0 Å². The van der Waals surface area contributed by atoms with Crippen LogP contribution in [-0.4, -0.2) is 42.8 Å². The quantitative estimate of drug-likeness (QED) is 0.840. The van der Waals surface area contributed by atoms with E-state index in [1.165, 1.54) is 7.11 Å². The fourth-order valence-electron chi connectivity index (χ4n) is 2.34. The summed E-state index contributed by atoms with van der Waals surface area (Å²) in [6.07, 6.45) is 0. The number of benzene rings is 1. The van der Waals surface area contributed by atoms with Crippen LogP contribution < -0.4 is 0 Å². The number of nitrogens with zero attached hydrogens (tertiary/aromatic N) is 1. The summed E-state index contributed by atoms with van der Waals surface area (Å²) < 4.78 is 4.68. The summed E-state index contributed by atoms with van der Waals surface area (Å²) in [5.74, 6) is -0.326. The molecule has 0 aromatic heterocycles. The molecule has 4 nitrogen and oxygen atoms in total. The molecule has 4 heteroatoms. The van der Waals surface area contributed by atoms with Crippen LogP contribution in [0.5, 0.6) is 0 Å². The maximum atomic E-state index is 11.4. The summed E-state index contributed by atoms with van der Waals surface area (Å²) in [7, 11) is 3.37. The Balaban J connectivity index is 2.75. The Morgan fingerprint density at radius 1 is 1.30 bits per heavy atom. The van der Waals surface area contributed by atoms with Crippen molar-refractivity contribution in [1.82, 2.24) is 4.90 Å². The lowest BCUT2D eigenvalue weighted by Crippen LogP contribution is -2.43. The summed E-state index contributed by atoms with van der Waals surface area (Å²) in [5, 5.41) is 9.56. The minimum atomic E-state index is -0.326. The van der Waals surface area contributed by atoms with Gasteiger partial charge >= 0.3 is 5.97 Å². The van der Waals surface area contributed by atoms with Crippen LogP contribution in [0.2, 0.25) is 0 Å². The highest BCUT2D eigenvalue weighted by atomic mass is 16.5. The van der Waals surface area contributed by atoms with Crippen molar-refractivity contribution in [1.29, 1.82) is 0 Å². The Hall–Kier alpha value is -1.39. The highest BCUT2D eigenvalue weighted by Crippen LogP contribution is 2.24. The smallest absolute Gasteiger partial charge is 0.337 e. The van der Waals surface area contributed by atoms with E-state index < -0.39 is 0 Å². The van der Waals surface area contributed by atoms with E-state index in [4.69, 9.17) is 0 Å². The zero-order valence-corrected chi connectivity index (χ0v) is 13.0. The normalized spacial score (nSPS) is 13.3. The lowest BCUT2D eigenvalue weighted by molar-refractivity contribution is 0.0600. The first-order valence-electron chi connectivity index (χ1n) is 6.78. The number of likely N-dealkylation sites (N-methyl/N-ethyl adjacent to an activating group) is 1. The van der Waals surface area contributed by atoms with Crippen LogP contribution in [-0.2, 0) is 11.3 Å². The van der Waals surface area contributed by atoms with Crippen LogP contribution in [0.15, 0.2) is 24.3 Å². The second-order valence-corrected chi connectivity index (χ2v) is 6.17. The Labute approximate surface area is 121 Å². The molecule has 0 heterocycles. The van der Waals surface area contributed by atoms with Crippen LogP contribution in [0.1, 0.15) is 36.7 Å². The molecule has 0 spiro atoms. The Kier molecular flexibility index (Phi) is 5.72. The van der Waals surface area contributed by atoms with Gasteiger partial charge in [0.2, 0.25) is 0 Å². The maximum Gasteiger partial charge on any atom is 0.337 e. The molecule has 1 aromatic carbocycles. The minimum absolute atomic E-state index is 0.00938. The third kappa shape index (κ3) is 4.32. The third-order valence-corrected chi connectivity index (χ3v) is 3.51. The SMILES string of the molecule is COC(=O)c1ccc(CN(C)C(CO)C(C)(C)C)cc1. The lowest BCUT2D eigenvalue weighted by atomic mass is 9.86. The van der Waals surface area contributed by atoms with Gasteiger partial charge in [0.05, 0.1) is 19.3 Å². The topological polar surface area (TPSA) is 49.8 Å². The van der Waals surface area contributed by atoms with Gasteiger partial charge in [-0.1, -0.05) is 32.9 Å². The summed E-state index contributed by atoms with van der Waals surface area (Å²) in [6.45, 7) is 7.20. The van der Waals surface area contributed by atoms with Crippen LogP contribution >= 0.6 is 0 Å². The largest absolute Gasteiger partial charge is 0.465 e. The molecule has 0 radical (unpaired) electrons. The number of ether oxygens (including phenoxy) is 1. The number of rotatable bonds is 5. The molecule has 1 unspecified atom stereocenters. The van der Waals surface area contributed by atoms with Gasteiger partial charge in [-0.15, -0.1) is 0 Å². The van der Waals surface area contributed by atoms with Crippen molar-refractivity contribution >= 4 is 5.97 Å². The van der Waals surface area contributed by atoms with Crippen LogP contribution in [0, 0.1) is 5.41 Å².